The van der Waals surface area contributed by atoms with Gasteiger partial charge in [0.2, 0.25) is 11.8 Å². The van der Waals surface area contributed by atoms with Gasteiger partial charge in [0, 0.05) is 35.1 Å². The highest BCUT2D eigenvalue weighted by atomic mass is 35.5. The van der Waals surface area contributed by atoms with Crippen LogP contribution in [0.15, 0.2) is 72.8 Å². The lowest BCUT2D eigenvalue weighted by Crippen LogP contribution is -2.51. The van der Waals surface area contributed by atoms with Crippen molar-refractivity contribution < 1.29 is 14.0 Å². The van der Waals surface area contributed by atoms with Crippen LogP contribution in [0, 0.1) is 11.7 Å². The fraction of sp³-hybridized carbons (Fsp3) is 0.286. The fourth-order valence-electron chi connectivity index (χ4n) is 3.71. The van der Waals surface area contributed by atoms with Crippen LogP contribution in [-0.2, 0) is 29.0 Å². The lowest BCUT2D eigenvalue weighted by atomic mass is 10.0. The second-order valence-electron chi connectivity index (χ2n) is 8.87. The Morgan fingerprint density at radius 2 is 1.51 bits per heavy atom. The minimum absolute atomic E-state index is 0.00506. The molecule has 0 bridgehead atoms. The van der Waals surface area contributed by atoms with Crippen LogP contribution in [0.5, 0.6) is 0 Å². The molecule has 0 spiro atoms. The number of carbonyl (C=O) groups excluding carboxylic acids is 2. The lowest BCUT2D eigenvalue weighted by molar-refractivity contribution is -0.140. The van der Waals surface area contributed by atoms with Gasteiger partial charge in [-0.15, -0.1) is 0 Å². The van der Waals surface area contributed by atoms with E-state index in [-0.39, 0.29) is 36.5 Å². The van der Waals surface area contributed by atoms with Gasteiger partial charge in [-0.05, 0) is 41.3 Å². The molecular weight excluding hydrogens is 486 g/mol. The topological polar surface area (TPSA) is 49.4 Å². The molecule has 1 atom stereocenters. The largest absolute Gasteiger partial charge is 0.354 e. The predicted octanol–water partition coefficient (Wildman–Crippen LogP) is 6.09. The summed E-state index contributed by atoms with van der Waals surface area (Å²) < 4.78 is 13.4. The van der Waals surface area contributed by atoms with Crippen LogP contribution >= 0.6 is 23.2 Å². The Kier molecular flexibility index (Phi) is 9.70. The van der Waals surface area contributed by atoms with Crippen molar-refractivity contribution in [2.45, 2.75) is 39.3 Å². The molecule has 0 heterocycles. The van der Waals surface area contributed by atoms with E-state index < -0.39 is 6.04 Å². The summed E-state index contributed by atoms with van der Waals surface area (Å²) >= 11 is 12.9. The zero-order chi connectivity index (χ0) is 25.4. The summed E-state index contributed by atoms with van der Waals surface area (Å²) in [7, 11) is 0. The Labute approximate surface area is 216 Å². The molecule has 184 valence electrons. The minimum atomic E-state index is -0.795. The SMILES string of the molecule is CC(C)CNC(=O)[C@@H](Cc1ccccc1)N(Cc1c(Cl)cccc1Cl)C(=O)Cc1ccc(F)cc1. The molecule has 0 radical (unpaired) electrons. The van der Waals surface area contributed by atoms with Crippen molar-refractivity contribution in [1.82, 2.24) is 10.2 Å². The highest BCUT2D eigenvalue weighted by molar-refractivity contribution is 6.36. The smallest absolute Gasteiger partial charge is 0.243 e. The molecule has 3 aromatic carbocycles. The van der Waals surface area contributed by atoms with E-state index in [4.69, 9.17) is 23.2 Å². The quantitative estimate of drug-likeness (QED) is 0.356. The average molecular weight is 515 g/mol. The number of nitrogens with zero attached hydrogens (tertiary/aromatic N) is 1. The van der Waals surface area contributed by atoms with Crippen molar-refractivity contribution in [2.24, 2.45) is 5.92 Å². The number of halogens is 3. The Balaban J connectivity index is 2.00. The van der Waals surface area contributed by atoms with Crippen molar-refractivity contribution in [2.75, 3.05) is 6.54 Å². The Hall–Kier alpha value is -2.89. The summed E-state index contributed by atoms with van der Waals surface area (Å²) in [6, 6.07) is 19.7. The molecule has 0 aliphatic carbocycles. The molecule has 0 fully saturated rings. The molecule has 3 rings (SSSR count). The van der Waals surface area contributed by atoms with Crippen molar-refractivity contribution in [3.05, 3.63) is 105 Å². The summed E-state index contributed by atoms with van der Waals surface area (Å²) in [5, 5.41) is 3.81. The van der Waals surface area contributed by atoms with Crippen LogP contribution in [-0.4, -0.2) is 29.3 Å². The molecule has 4 nitrogen and oxygen atoms in total. The van der Waals surface area contributed by atoms with Crippen molar-refractivity contribution in [1.29, 1.82) is 0 Å². The first-order chi connectivity index (χ1) is 16.7. The normalized spacial score (nSPS) is 11.8. The Bertz CT molecular complexity index is 1120. The van der Waals surface area contributed by atoms with Crippen molar-refractivity contribution in [3.63, 3.8) is 0 Å². The van der Waals surface area contributed by atoms with Gasteiger partial charge < -0.3 is 10.2 Å². The maximum Gasteiger partial charge on any atom is 0.243 e. The third-order valence-electron chi connectivity index (χ3n) is 5.61. The highest BCUT2D eigenvalue weighted by Gasteiger charge is 2.31. The van der Waals surface area contributed by atoms with Gasteiger partial charge in [-0.2, -0.15) is 0 Å². The van der Waals surface area contributed by atoms with Crippen LogP contribution in [0.25, 0.3) is 0 Å². The van der Waals surface area contributed by atoms with E-state index in [0.717, 1.165) is 5.56 Å². The van der Waals surface area contributed by atoms with Crippen LogP contribution in [0.4, 0.5) is 4.39 Å². The third kappa shape index (κ3) is 7.81. The van der Waals surface area contributed by atoms with Crippen LogP contribution in [0.3, 0.4) is 0 Å². The van der Waals surface area contributed by atoms with Crippen molar-refractivity contribution >= 4 is 35.0 Å². The Morgan fingerprint density at radius 3 is 2.11 bits per heavy atom. The first kappa shape index (κ1) is 26.7. The van der Waals surface area contributed by atoms with Crippen molar-refractivity contribution in [3.8, 4) is 0 Å². The maximum absolute atomic E-state index is 13.7. The van der Waals surface area contributed by atoms with Gasteiger partial charge >= 0.3 is 0 Å². The molecule has 0 aliphatic rings. The zero-order valence-electron chi connectivity index (χ0n) is 19.8. The van der Waals surface area contributed by atoms with E-state index in [2.05, 4.69) is 5.32 Å². The monoisotopic (exact) mass is 514 g/mol. The standard InChI is InChI=1S/C28H29Cl2FN2O2/c1-19(2)17-32-28(35)26(15-20-7-4-3-5-8-20)33(18-23-24(29)9-6-10-25(23)30)27(34)16-21-11-13-22(31)14-12-21/h3-14,19,26H,15-18H2,1-2H3,(H,32,35)/t26-/m1/s1. The number of nitrogens with one attached hydrogen (secondary N) is 1. The molecule has 1 N–H and O–H groups in total. The van der Waals surface area contributed by atoms with E-state index in [1.165, 1.54) is 17.0 Å². The number of benzene rings is 3. The lowest BCUT2D eigenvalue weighted by Gasteiger charge is -2.32. The zero-order valence-corrected chi connectivity index (χ0v) is 21.3. The summed E-state index contributed by atoms with van der Waals surface area (Å²) in [5.41, 5.74) is 2.13. The summed E-state index contributed by atoms with van der Waals surface area (Å²) in [6.45, 7) is 4.56. The highest BCUT2D eigenvalue weighted by Crippen LogP contribution is 2.27. The molecule has 0 aromatic heterocycles. The fourth-order valence-corrected chi connectivity index (χ4v) is 4.23. The molecule has 0 unspecified atom stereocenters. The summed E-state index contributed by atoms with van der Waals surface area (Å²) in [4.78, 5) is 28.6. The van der Waals surface area contributed by atoms with Gasteiger partial charge in [-0.25, -0.2) is 4.39 Å². The van der Waals surface area contributed by atoms with Gasteiger partial charge in [0.05, 0.1) is 6.42 Å². The average Bonchev–Trinajstić information content (AvgIpc) is 2.83. The van der Waals surface area contributed by atoms with Gasteiger partial charge in [-0.1, -0.05) is 85.6 Å². The first-order valence-electron chi connectivity index (χ1n) is 11.5. The van der Waals surface area contributed by atoms with Crippen LogP contribution in [0.1, 0.15) is 30.5 Å². The van der Waals surface area contributed by atoms with Gasteiger partial charge in [0.25, 0.3) is 0 Å². The number of amides is 2. The number of carbonyl (C=O) groups is 2. The number of hydrogen-bond donors (Lipinski definition) is 1. The molecular formula is C28H29Cl2FN2O2. The molecule has 0 saturated carbocycles. The number of rotatable bonds is 10. The van der Waals surface area contributed by atoms with E-state index in [1.807, 2.05) is 44.2 Å². The van der Waals surface area contributed by atoms with E-state index in [1.54, 1.807) is 30.3 Å². The second kappa shape index (κ2) is 12.7. The summed E-state index contributed by atoms with van der Waals surface area (Å²) in [6.07, 6.45) is 0.326. The first-order valence-corrected chi connectivity index (χ1v) is 12.3. The summed E-state index contributed by atoms with van der Waals surface area (Å²) in [5.74, 6) is -0.667. The maximum atomic E-state index is 13.7. The molecule has 0 saturated heterocycles. The Morgan fingerprint density at radius 1 is 0.886 bits per heavy atom. The molecule has 35 heavy (non-hydrogen) atoms. The van der Waals surface area contributed by atoms with E-state index >= 15 is 0 Å². The second-order valence-corrected chi connectivity index (χ2v) is 9.68. The van der Waals surface area contributed by atoms with E-state index in [0.29, 0.717) is 34.1 Å². The molecule has 7 heteroatoms. The van der Waals surface area contributed by atoms with Crippen LogP contribution in [0.2, 0.25) is 10.0 Å². The third-order valence-corrected chi connectivity index (χ3v) is 6.32. The van der Waals surface area contributed by atoms with Crippen LogP contribution < -0.4 is 5.32 Å². The van der Waals surface area contributed by atoms with E-state index in [9.17, 15) is 14.0 Å². The number of hydrogen-bond acceptors (Lipinski definition) is 2. The van der Waals surface area contributed by atoms with Gasteiger partial charge in [0.1, 0.15) is 11.9 Å². The van der Waals surface area contributed by atoms with Gasteiger partial charge in [-0.3, -0.25) is 9.59 Å². The van der Waals surface area contributed by atoms with Gasteiger partial charge in [0.15, 0.2) is 0 Å². The minimum Gasteiger partial charge on any atom is -0.354 e. The predicted molar refractivity (Wildman–Crippen MR) is 139 cm³/mol. The molecule has 2 amide bonds. The molecule has 3 aromatic rings. The molecule has 0 aliphatic heterocycles.